The molecule has 2 saturated carbocycles. The van der Waals surface area contributed by atoms with Crippen molar-refractivity contribution in [3.8, 4) is 0 Å². The minimum atomic E-state index is -0.621. The van der Waals surface area contributed by atoms with Crippen molar-refractivity contribution in [2.75, 3.05) is 0 Å². The Hall–Kier alpha value is -1.68. The Morgan fingerprint density at radius 2 is 1.88 bits per heavy atom. The maximum absolute atomic E-state index is 13.1. The number of cyclic esters (lactones) is 1. The maximum Gasteiger partial charge on any atom is 0.333 e. The molecule has 174 valence electrons. The minimum absolute atomic E-state index is 0.0277. The summed E-state index contributed by atoms with van der Waals surface area (Å²) in [6.07, 6.45) is 11.1. The number of esters is 1. The average Bonchev–Trinajstić information content (AvgIpc) is 3.11. The molecule has 4 aliphatic carbocycles. The molecule has 0 spiro atoms. The van der Waals surface area contributed by atoms with Gasteiger partial charge in [0, 0.05) is 12.0 Å². The molecule has 4 heteroatoms. The Bertz CT molecular complexity index is 941. The summed E-state index contributed by atoms with van der Waals surface area (Å²) in [4.78, 5) is 25.5. The minimum Gasteiger partial charge on any atom is -0.458 e. The summed E-state index contributed by atoms with van der Waals surface area (Å²) in [6, 6.07) is 0. The standard InChI is InChI=1S/C28H38O4/c1-15-14-24(32-26(31)16(15)2)17(3)19-8-9-20-18-6-7-22-23(29)10-11-25(30)28(22,5)21(18)12-13-27(19,20)4/h7,10-11,17-21,23-24,29H,6,8-9,12-14H2,1-5H3. The molecule has 0 aromatic rings. The van der Waals surface area contributed by atoms with E-state index >= 15 is 0 Å². The smallest absolute Gasteiger partial charge is 0.333 e. The van der Waals surface area contributed by atoms with Crippen LogP contribution in [-0.2, 0) is 14.3 Å². The molecule has 1 N–H and O–H groups in total. The van der Waals surface area contributed by atoms with Gasteiger partial charge in [0.2, 0.25) is 0 Å². The molecule has 1 aliphatic heterocycles. The highest BCUT2D eigenvalue weighted by molar-refractivity contribution is 5.99. The fourth-order valence-corrected chi connectivity index (χ4v) is 8.58. The van der Waals surface area contributed by atoms with Crippen LogP contribution in [0.2, 0.25) is 0 Å². The molecule has 0 saturated heterocycles. The molecule has 1 heterocycles. The summed E-state index contributed by atoms with van der Waals surface area (Å²) in [5.41, 5.74) is 2.54. The molecule has 0 aromatic carbocycles. The molecule has 0 aromatic heterocycles. The molecular formula is C28H38O4. The summed E-state index contributed by atoms with van der Waals surface area (Å²) in [5.74, 6) is 2.26. The number of hydrogen-bond donors (Lipinski definition) is 1. The number of rotatable bonds is 2. The Kier molecular flexibility index (Phi) is 5.13. The molecule has 5 rings (SSSR count). The van der Waals surface area contributed by atoms with Crippen molar-refractivity contribution in [3.63, 3.8) is 0 Å². The Balaban J connectivity index is 1.41. The first-order valence-corrected chi connectivity index (χ1v) is 12.6. The van der Waals surface area contributed by atoms with Crippen LogP contribution in [0.15, 0.2) is 34.9 Å². The average molecular weight is 439 g/mol. The number of aliphatic hydroxyl groups excluding tert-OH is 1. The van der Waals surface area contributed by atoms with Crippen LogP contribution in [0.3, 0.4) is 0 Å². The molecule has 0 amide bonds. The van der Waals surface area contributed by atoms with E-state index in [0.717, 1.165) is 36.8 Å². The molecule has 0 radical (unpaired) electrons. The molecule has 32 heavy (non-hydrogen) atoms. The van der Waals surface area contributed by atoms with Crippen LogP contribution in [-0.4, -0.2) is 29.1 Å². The van der Waals surface area contributed by atoms with Gasteiger partial charge >= 0.3 is 5.97 Å². The molecular weight excluding hydrogens is 400 g/mol. The number of carbonyl (C=O) groups excluding carboxylic acids is 2. The van der Waals surface area contributed by atoms with Crippen LogP contribution in [0, 0.1) is 40.4 Å². The molecule has 0 bridgehead atoms. The SMILES string of the molecule is CC1=C(C)C(=O)OC(C(C)C2CCC3C4CC=C5C(O)C=CC(=O)C5(C)C4CCC23C)C1. The second-order valence-corrected chi connectivity index (χ2v) is 11.8. The van der Waals surface area contributed by atoms with Gasteiger partial charge in [0.1, 0.15) is 6.10 Å². The van der Waals surface area contributed by atoms with Gasteiger partial charge in [-0.15, -0.1) is 0 Å². The second-order valence-electron chi connectivity index (χ2n) is 11.8. The lowest BCUT2D eigenvalue weighted by Crippen LogP contribution is -2.54. The lowest BCUT2D eigenvalue weighted by atomic mass is 9.47. The number of aliphatic hydroxyl groups is 1. The monoisotopic (exact) mass is 438 g/mol. The zero-order valence-electron chi connectivity index (χ0n) is 20.2. The Morgan fingerprint density at radius 3 is 2.59 bits per heavy atom. The number of allylic oxidation sites excluding steroid dienone is 2. The highest BCUT2D eigenvalue weighted by Crippen LogP contribution is 2.66. The summed E-state index contributed by atoms with van der Waals surface area (Å²) >= 11 is 0. The number of fused-ring (bicyclic) bond motifs is 5. The molecule has 4 nitrogen and oxygen atoms in total. The quantitative estimate of drug-likeness (QED) is 0.477. The van der Waals surface area contributed by atoms with Gasteiger partial charge in [-0.3, -0.25) is 4.79 Å². The fourth-order valence-electron chi connectivity index (χ4n) is 8.58. The van der Waals surface area contributed by atoms with Crippen LogP contribution in [0.25, 0.3) is 0 Å². The Labute approximate surface area is 192 Å². The third kappa shape index (κ3) is 2.90. The van der Waals surface area contributed by atoms with Crippen molar-refractivity contribution >= 4 is 11.8 Å². The van der Waals surface area contributed by atoms with Gasteiger partial charge in [-0.1, -0.05) is 25.5 Å². The van der Waals surface area contributed by atoms with Crippen LogP contribution in [0.4, 0.5) is 0 Å². The number of ketones is 1. The predicted molar refractivity (Wildman–Crippen MR) is 124 cm³/mol. The Morgan fingerprint density at radius 1 is 1.12 bits per heavy atom. The van der Waals surface area contributed by atoms with E-state index in [2.05, 4.69) is 33.8 Å². The third-order valence-corrected chi connectivity index (χ3v) is 10.7. The molecule has 2 fully saturated rings. The van der Waals surface area contributed by atoms with Crippen molar-refractivity contribution in [1.29, 1.82) is 0 Å². The number of ether oxygens (including phenoxy) is 1. The molecule has 9 unspecified atom stereocenters. The van der Waals surface area contributed by atoms with Crippen molar-refractivity contribution in [1.82, 2.24) is 0 Å². The van der Waals surface area contributed by atoms with Gasteiger partial charge < -0.3 is 9.84 Å². The molecule has 9 atom stereocenters. The zero-order chi connectivity index (χ0) is 23.0. The normalized spacial score (nSPS) is 46.8. The van der Waals surface area contributed by atoms with Gasteiger partial charge in [-0.25, -0.2) is 4.79 Å². The van der Waals surface area contributed by atoms with E-state index < -0.39 is 11.5 Å². The van der Waals surface area contributed by atoms with E-state index in [4.69, 9.17) is 4.74 Å². The van der Waals surface area contributed by atoms with Crippen molar-refractivity contribution < 1.29 is 19.4 Å². The lowest BCUT2D eigenvalue weighted by Gasteiger charge is -2.57. The first kappa shape index (κ1) is 22.1. The fraction of sp³-hybridized carbons (Fsp3) is 0.714. The largest absolute Gasteiger partial charge is 0.458 e. The summed E-state index contributed by atoms with van der Waals surface area (Å²) in [7, 11) is 0. The van der Waals surface area contributed by atoms with E-state index in [9.17, 15) is 14.7 Å². The van der Waals surface area contributed by atoms with Gasteiger partial charge in [0.25, 0.3) is 0 Å². The van der Waals surface area contributed by atoms with E-state index in [1.165, 1.54) is 18.4 Å². The van der Waals surface area contributed by atoms with E-state index in [1.807, 2.05) is 6.92 Å². The van der Waals surface area contributed by atoms with E-state index in [-0.39, 0.29) is 23.3 Å². The van der Waals surface area contributed by atoms with Crippen molar-refractivity contribution in [2.45, 2.75) is 85.4 Å². The van der Waals surface area contributed by atoms with Gasteiger partial charge in [0.15, 0.2) is 5.78 Å². The topological polar surface area (TPSA) is 63.6 Å². The predicted octanol–water partition coefficient (Wildman–Crippen LogP) is 5.17. The van der Waals surface area contributed by atoms with Crippen LogP contribution < -0.4 is 0 Å². The van der Waals surface area contributed by atoms with Crippen molar-refractivity contribution in [3.05, 3.63) is 34.9 Å². The number of carbonyl (C=O) groups is 2. The van der Waals surface area contributed by atoms with E-state index in [0.29, 0.717) is 29.6 Å². The van der Waals surface area contributed by atoms with Crippen LogP contribution in [0.5, 0.6) is 0 Å². The molecule has 5 aliphatic rings. The third-order valence-electron chi connectivity index (χ3n) is 10.7. The van der Waals surface area contributed by atoms with Crippen molar-refractivity contribution in [2.24, 2.45) is 40.4 Å². The van der Waals surface area contributed by atoms with Crippen LogP contribution in [0.1, 0.15) is 73.1 Å². The van der Waals surface area contributed by atoms with Gasteiger partial charge in [-0.05, 0) is 106 Å². The summed E-state index contributed by atoms with van der Waals surface area (Å²) in [6.45, 7) is 10.8. The summed E-state index contributed by atoms with van der Waals surface area (Å²) < 4.78 is 5.90. The maximum atomic E-state index is 13.1. The highest BCUT2D eigenvalue weighted by atomic mass is 16.5. The second kappa shape index (κ2) is 7.41. The first-order valence-electron chi connectivity index (χ1n) is 12.6. The van der Waals surface area contributed by atoms with E-state index in [1.54, 1.807) is 12.2 Å². The highest BCUT2D eigenvalue weighted by Gasteiger charge is 2.61. The zero-order valence-corrected chi connectivity index (χ0v) is 20.2. The number of hydrogen-bond acceptors (Lipinski definition) is 4. The van der Waals surface area contributed by atoms with Gasteiger partial charge in [-0.2, -0.15) is 0 Å². The lowest BCUT2D eigenvalue weighted by molar-refractivity contribution is -0.151. The van der Waals surface area contributed by atoms with Crippen LogP contribution >= 0.6 is 0 Å². The van der Waals surface area contributed by atoms with Gasteiger partial charge in [0.05, 0.1) is 11.5 Å². The first-order chi connectivity index (χ1) is 15.1. The summed E-state index contributed by atoms with van der Waals surface area (Å²) in [5, 5.41) is 10.6.